The topological polar surface area (TPSA) is 75.5 Å². The maximum absolute atomic E-state index is 10.9. The van der Waals surface area contributed by atoms with E-state index >= 15 is 0 Å². The fraction of sp³-hybridized carbons (Fsp3) is 0.389. The van der Waals surface area contributed by atoms with E-state index in [0.29, 0.717) is 18.5 Å². The average molecular weight is 406 g/mol. The quantitative estimate of drug-likeness (QED) is 0.752. The summed E-state index contributed by atoms with van der Waals surface area (Å²) in [5.41, 5.74) is 1.00. The van der Waals surface area contributed by atoms with Crippen molar-refractivity contribution in [3.05, 3.63) is 46.1 Å². The Morgan fingerprint density at radius 3 is 2.68 bits per heavy atom. The predicted octanol–water partition coefficient (Wildman–Crippen LogP) is 3.90. The maximum Gasteiger partial charge on any atom is 0.356 e. The third-order valence-electron chi connectivity index (χ3n) is 4.30. The van der Waals surface area contributed by atoms with E-state index in [1.54, 1.807) is 6.07 Å². The minimum Gasteiger partial charge on any atom is -0.490 e. The number of hydrogen-bond donors (Lipinski definition) is 1. The van der Waals surface area contributed by atoms with Gasteiger partial charge < -0.3 is 14.7 Å². The average Bonchev–Trinajstić information content (AvgIpc) is 2.57. The Hall–Kier alpha value is -2.15. The zero-order chi connectivity index (χ0) is 17.8. The van der Waals surface area contributed by atoms with Crippen molar-refractivity contribution in [1.82, 2.24) is 10.2 Å². The molecule has 6 nitrogen and oxygen atoms in total. The van der Waals surface area contributed by atoms with Gasteiger partial charge in [-0.1, -0.05) is 15.9 Å². The summed E-state index contributed by atoms with van der Waals surface area (Å²) < 4.78 is 7.10. The van der Waals surface area contributed by atoms with Crippen molar-refractivity contribution in [1.29, 1.82) is 0 Å². The lowest BCUT2D eigenvalue weighted by molar-refractivity contribution is 0.0689. The van der Waals surface area contributed by atoms with Crippen molar-refractivity contribution in [3.8, 4) is 5.75 Å². The van der Waals surface area contributed by atoms with Crippen LogP contribution in [0.15, 0.2) is 34.8 Å². The molecule has 1 saturated carbocycles. The molecule has 25 heavy (non-hydrogen) atoms. The van der Waals surface area contributed by atoms with E-state index in [2.05, 4.69) is 32.2 Å². The summed E-state index contributed by atoms with van der Waals surface area (Å²) in [5, 5.41) is 16.8. The first-order valence-electron chi connectivity index (χ1n) is 8.34. The molecule has 0 radical (unpaired) electrons. The van der Waals surface area contributed by atoms with Crippen molar-refractivity contribution < 1.29 is 14.6 Å². The molecule has 1 fully saturated rings. The van der Waals surface area contributed by atoms with Gasteiger partial charge in [0.2, 0.25) is 0 Å². The Bertz CT molecular complexity index is 748. The van der Waals surface area contributed by atoms with Crippen molar-refractivity contribution in [3.63, 3.8) is 0 Å². The number of carboxylic acid groups (broad SMARTS) is 1. The molecule has 1 heterocycles. The molecule has 1 aromatic carbocycles. The Labute approximate surface area is 155 Å². The number of carboxylic acids is 1. The van der Waals surface area contributed by atoms with E-state index in [9.17, 15) is 4.79 Å². The fourth-order valence-electron chi connectivity index (χ4n) is 2.62. The van der Waals surface area contributed by atoms with Crippen LogP contribution in [0.5, 0.6) is 5.75 Å². The van der Waals surface area contributed by atoms with Crippen LogP contribution in [-0.2, 0) is 6.54 Å². The first kappa shape index (κ1) is 17.7. The lowest BCUT2D eigenvalue weighted by Gasteiger charge is -2.29. The van der Waals surface area contributed by atoms with Crippen LogP contribution in [0.2, 0.25) is 0 Å². The molecular weight excluding hydrogens is 386 g/mol. The fourth-order valence-corrected chi connectivity index (χ4v) is 3.03. The summed E-state index contributed by atoms with van der Waals surface area (Å²) in [6.45, 7) is 3.35. The van der Waals surface area contributed by atoms with E-state index < -0.39 is 5.97 Å². The monoisotopic (exact) mass is 405 g/mol. The summed E-state index contributed by atoms with van der Waals surface area (Å²) in [7, 11) is 0. The summed E-state index contributed by atoms with van der Waals surface area (Å²) in [6, 6.07) is 9.18. The molecule has 0 atom stereocenters. The summed E-state index contributed by atoms with van der Waals surface area (Å²) >= 11 is 3.52. The second kappa shape index (κ2) is 7.82. The number of nitrogens with zero attached hydrogens (tertiary/aromatic N) is 3. The summed E-state index contributed by atoms with van der Waals surface area (Å²) in [6.07, 6.45) is 3.75. The SMILES string of the molecule is CCN(Cc1cc(Br)ccc1OC1CCC1)c1ccc(C(=O)O)nn1. The molecule has 0 spiro atoms. The van der Waals surface area contributed by atoms with Crippen LogP contribution >= 0.6 is 15.9 Å². The molecule has 0 saturated heterocycles. The van der Waals surface area contributed by atoms with E-state index in [0.717, 1.165) is 35.2 Å². The smallest absolute Gasteiger partial charge is 0.356 e. The van der Waals surface area contributed by atoms with E-state index in [4.69, 9.17) is 9.84 Å². The molecule has 1 aliphatic carbocycles. The Morgan fingerprint density at radius 1 is 1.32 bits per heavy atom. The third-order valence-corrected chi connectivity index (χ3v) is 4.80. The van der Waals surface area contributed by atoms with E-state index in [1.165, 1.54) is 12.5 Å². The lowest BCUT2D eigenvalue weighted by atomic mass is 9.96. The number of hydrogen-bond acceptors (Lipinski definition) is 5. The van der Waals surface area contributed by atoms with Crippen LogP contribution in [0.3, 0.4) is 0 Å². The second-order valence-electron chi connectivity index (χ2n) is 6.02. The number of carbonyl (C=O) groups is 1. The zero-order valence-corrected chi connectivity index (χ0v) is 15.6. The van der Waals surface area contributed by atoms with Crippen LogP contribution in [0.1, 0.15) is 42.2 Å². The molecular formula is C18H20BrN3O3. The molecule has 0 bridgehead atoms. The molecule has 1 aromatic heterocycles. The van der Waals surface area contributed by atoms with Gasteiger partial charge in [0.05, 0.1) is 6.10 Å². The second-order valence-corrected chi connectivity index (χ2v) is 6.93. The Morgan fingerprint density at radius 2 is 2.12 bits per heavy atom. The van der Waals surface area contributed by atoms with Gasteiger partial charge in [0.15, 0.2) is 11.5 Å². The van der Waals surface area contributed by atoms with Crippen LogP contribution in [-0.4, -0.2) is 33.9 Å². The number of ether oxygens (including phenoxy) is 1. The number of benzene rings is 1. The Kier molecular flexibility index (Phi) is 5.53. The molecule has 7 heteroatoms. The van der Waals surface area contributed by atoms with Crippen LogP contribution < -0.4 is 9.64 Å². The zero-order valence-electron chi connectivity index (χ0n) is 14.0. The molecule has 0 aliphatic heterocycles. The predicted molar refractivity (Wildman–Crippen MR) is 98.1 cm³/mol. The number of anilines is 1. The number of rotatable bonds is 7. The molecule has 1 aliphatic rings. The summed E-state index contributed by atoms with van der Waals surface area (Å²) in [4.78, 5) is 13.0. The normalized spacial score (nSPS) is 14.0. The van der Waals surface area contributed by atoms with Gasteiger partial charge in [0.1, 0.15) is 5.75 Å². The first-order valence-corrected chi connectivity index (χ1v) is 9.13. The minimum absolute atomic E-state index is 0.0590. The van der Waals surface area contributed by atoms with Crippen molar-refractivity contribution in [2.45, 2.75) is 38.8 Å². The molecule has 0 amide bonds. The van der Waals surface area contributed by atoms with Gasteiger partial charge >= 0.3 is 5.97 Å². The van der Waals surface area contributed by atoms with E-state index in [-0.39, 0.29) is 5.69 Å². The molecule has 3 rings (SSSR count). The van der Waals surface area contributed by atoms with Gasteiger partial charge in [-0.3, -0.25) is 0 Å². The Balaban J connectivity index is 1.80. The highest BCUT2D eigenvalue weighted by Gasteiger charge is 2.21. The standard InChI is InChI=1S/C18H20BrN3O3/c1-2-22(17-9-7-15(18(23)24)20-21-17)11-12-10-13(19)6-8-16(12)25-14-4-3-5-14/h6-10,14H,2-5,11H2,1H3,(H,23,24). The highest BCUT2D eigenvalue weighted by Crippen LogP contribution is 2.31. The molecule has 2 aromatic rings. The first-order chi connectivity index (χ1) is 12.1. The summed E-state index contributed by atoms with van der Waals surface area (Å²) in [5.74, 6) is 0.453. The van der Waals surface area contributed by atoms with Gasteiger partial charge in [-0.15, -0.1) is 10.2 Å². The highest BCUT2D eigenvalue weighted by atomic mass is 79.9. The lowest BCUT2D eigenvalue weighted by Crippen LogP contribution is -2.27. The third kappa shape index (κ3) is 4.28. The van der Waals surface area contributed by atoms with Crippen molar-refractivity contribution in [2.75, 3.05) is 11.4 Å². The van der Waals surface area contributed by atoms with Gasteiger partial charge in [0, 0.05) is 23.1 Å². The van der Waals surface area contributed by atoms with Gasteiger partial charge in [-0.25, -0.2) is 4.79 Å². The number of aromatic nitrogens is 2. The van der Waals surface area contributed by atoms with E-state index in [1.807, 2.05) is 24.0 Å². The minimum atomic E-state index is -1.08. The molecule has 1 N–H and O–H groups in total. The van der Waals surface area contributed by atoms with Gasteiger partial charge in [-0.2, -0.15) is 0 Å². The number of aromatic carboxylic acids is 1. The van der Waals surface area contributed by atoms with Crippen molar-refractivity contribution >= 4 is 27.7 Å². The number of halogens is 1. The maximum atomic E-state index is 10.9. The largest absolute Gasteiger partial charge is 0.490 e. The van der Waals surface area contributed by atoms with Crippen LogP contribution in [0, 0.1) is 0 Å². The molecule has 0 unspecified atom stereocenters. The van der Waals surface area contributed by atoms with Crippen molar-refractivity contribution in [2.24, 2.45) is 0 Å². The van der Waals surface area contributed by atoms with Crippen LogP contribution in [0.25, 0.3) is 0 Å². The molecule has 132 valence electrons. The van der Waals surface area contributed by atoms with Crippen LogP contribution in [0.4, 0.5) is 5.82 Å². The van der Waals surface area contributed by atoms with Gasteiger partial charge in [0.25, 0.3) is 0 Å². The highest BCUT2D eigenvalue weighted by molar-refractivity contribution is 9.10. The van der Waals surface area contributed by atoms with Gasteiger partial charge in [-0.05, 0) is 56.5 Å².